The highest BCUT2D eigenvalue weighted by molar-refractivity contribution is 5.77. The molecule has 1 saturated heterocycles. The second kappa shape index (κ2) is 7.50. The fraction of sp³-hybridized carbons (Fsp3) is 0.533. The van der Waals surface area contributed by atoms with Crippen molar-refractivity contribution in [2.75, 3.05) is 19.7 Å². The van der Waals surface area contributed by atoms with Crippen molar-refractivity contribution in [1.82, 2.24) is 4.90 Å². The van der Waals surface area contributed by atoms with Crippen LogP contribution in [0.3, 0.4) is 0 Å². The normalized spacial score (nSPS) is 15.7. The number of alkyl halides is 3. The first-order valence-electron chi connectivity index (χ1n) is 7.55. The van der Waals surface area contributed by atoms with E-state index in [1.54, 1.807) is 4.90 Å². The van der Waals surface area contributed by atoms with E-state index in [1.165, 1.54) is 0 Å². The smallest absolute Gasteiger partial charge is 0.420 e. The number of nitro benzene ring substituents is 1. The van der Waals surface area contributed by atoms with Gasteiger partial charge >= 0.3 is 6.18 Å². The summed E-state index contributed by atoms with van der Waals surface area (Å²) in [6, 6.07) is 2.20. The van der Waals surface area contributed by atoms with Crippen LogP contribution in [0.5, 0.6) is 5.75 Å². The van der Waals surface area contributed by atoms with Crippen molar-refractivity contribution in [2.45, 2.75) is 31.9 Å². The minimum atomic E-state index is -4.81. The number of carbonyl (C=O) groups excluding carboxylic acids is 1. The van der Waals surface area contributed by atoms with Crippen LogP contribution in [0, 0.1) is 10.1 Å². The maximum atomic E-state index is 13.0. The van der Waals surface area contributed by atoms with Crippen LogP contribution in [0.25, 0.3) is 0 Å². The summed E-state index contributed by atoms with van der Waals surface area (Å²) in [7, 11) is 0. The van der Waals surface area contributed by atoms with Crippen molar-refractivity contribution in [3.8, 4) is 5.75 Å². The molecule has 0 N–H and O–H groups in total. The Hall–Kier alpha value is -2.32. The molecule has 1 aliphatic rings. The van der Waals surface area contributed by atoms with Crippen molar-refractivity contribution < 1.29 is 27.6 Å². The number of amides is 1. The number of carbonyl (C=O) groups is 1. The molecule has 0 bridgehead atoms. The zero-order valence-electron chi connectivity index (χ0n) is 12.8. The summed E-state index contributed by atoms with van der Waals surface area (Å²) >= 11 is 0. The van der Waals surface area contributed by atoms with E-state index in [2.05, 4.69) is 0 Å². The molecule has 2 rings (SSSR count). The monoisotopic (exact) mass is 346 g/mol. The fourth-order valence-electron chi connectivity index (χ4n) is 2.53. The van der Waals surface area contributed by atoms with E-state index in [9.17, 15) is 28.1 Å². The van der Waals surface area contributed by atoms with Crippen LogP contribution in [-0.4, -0.2) is 35.4 Å². The molecule has 0 aliphatic carbocycles. The Labute approximate surface area is 136 Å². The number of likely N-dealkylation sites (tertiary alicyclic amines) is 1. The number of rotatable bonds is 4. The molecule has 1 heterocycles. The minimum absolute atomic E-state index is 0.386. The molecule has 1 aliphatic heterocycles. The first-order chi connectivity index (χ1) is 11.3. The van der Waals surface area contributed by atoms with Crippen LogP contribution in [0.4, 0.5) is 18.9 Å². The number of nitro groups is 1. The van der Waals surface area contributed by atoms with Gasteiger partial charge in [-0.25, -0.2) is 0 Å². The van der Waals surface area contributed by atoms with Crippen molar-refractivity contribution in [1.29, 1.82) is 0 Å². The Morgan fingerprint density at radius 2 is 1.83 bits per heavy atom. The summed E-state index contributed by atoms with van der Waals surface area (Å²) < 4.78 is 44.1. The van der Waals surface area contributed by atoms with E-state index in [0.29, 0.717) is 19.2 Å². The van der Waals surface area contributed by atoms with Gasteiger partial charge in [0.1, 0.15) is 11.3 Å². The topological polar surface area (TPSA) is 72.7 Å². The van der Waals surface area contributed by atoms with E-state index in [-0.39, 0.29) is 5.91 Å². The lowest BCUT2D eigenvalue weighted by Gasteiger charge is -2.21. The lowest BCUT2D eigenvalue weighted by molar-refractivity contribution is -0.385. The van der Waals surface area contributed by atoms with Crippen molar-refractivity contribution >= 4 is 11.6 Å². The minimum Gasteiger partial charge on any atom is -0.483 e. The standard InChI is InChI=1S/C15H17F3N2O4/c16-15(17,18)12-9-11(20(22)23)5-6-13(12)24-10-14(21)19-7-3-1-2-4-8-19/h5-6,9H,1-4,7-8,10H2. The molecule has 1 aromatic rings. The third-order valence-electron chi connectivity index (χ3n) is 3.79. The highest BCUT2D eigenvalue weighted by Gasteiger charge is 2.36. The van der Waals surface area contributed by atoms with Gasteiger partial charge < -0.3 is 9.64 Å². The summed E-state index contributed by atoms with van der Waals surface area (Å²) in [5.74, 6) is -0.973. The Kier molecular flexibility index (Phi) is 5.63. The molecule has 0 radical (unpaired) electrons. The molecule has 0 saturated carbocycles. The number of hydrogen-bond acceptors (Lipinski definition) is 4. The molecule has 132 valence electrons. The lowest BCUT2D eigenvalue weighted by Crippen LogP contribution is -2.35. The number of ether oxygens (including phenoxy) is 1. The summed E-state index contributed by atoms with van der Waals surface area (Å²) in [6.07, 6.45) is -1.06. The predicted octanol–water partition coefficient (Wildman–Crippen LogP) is 3.40. The van der Waals surface area contributed by atoms with Crippen molar-refractivity contribution in [2.24, 2.45) is 0 Å². The quantitative estimate of drug-likeness (QED) is 0.619. The van der Waals surface area contributed by atoms with Crippen LogP contribution in [0.1, 0.15) is 31.2 Å². The number of nitrogens with zero attached hydrogens (tertiary/aromatic N) is 2. The van der Waals surface area contributed by atoms with Gasteiger partial charge in [-0.15, -0.1) is 0 Å². The van der Waals surface area contributed by atoms with Crippen molar-refractivity contribution in [3.63, 3.8) is 0 Å². The molecule has 0 spiro atoms. The Bertz CT molecular complexity index is 611. The molecule has 0 unspecified atom stereocenters. The Morgan fingerprint density at radius 3 is 2.38 bits per heavy atom. The first kappa shape index (κ1) is 18.0. The zero-order chi connectivity index (χ0) is 17.7. The fourth-order valence-corrected chi connectivity index (χ4v) is 2.53. The summed E-state index contributed by atoms with van der Waals surface area (Å²) in [4.78, 5) is 23.4. The van der Waals surface area contributed by atoms with Gasteiger partial charge in [-0.3, -0.25) is 14.9 Å². The van der Waals surface area contributed by atoms with E-state index in [1.807, 2.05) is 0 Å². The third-order valence-corrected chi connectivity index (χ3v) is 3.79. The third kappa shape index (κ3) is 4.59. The highest BCUT2D eigenvalue weighted by atomic mass is 19.4. The molecule has 9 heteroatoms. The molecule has 0 aromatic heterocycles. The molecular formula is C15H17F3N2O4. The number of benzene rings is 1. The van der Waals surface area contributed by atoms with Gasteiger partial charge in [-0.05, 0) is 18.9 Å². The van der Waals surface area contributed by atoms with E-state index in [0.717, 1.165) is 37.8 Å². The van der Waals surface area contributed by atoms with Gasteiger partial charge in [-0.1, -0.05) is 12.8 Å². The molecule has 1 aromatic carbocycles. The largest absolute Gasteiger partial charge is 0.483 e. The Balaban J connectivity index is 2.11. The molecule has 1 fully saturated rings. The van der Waals surface area contributed by atoms with Gasteiger partial charge in [0.25, 0.3) is 11.6 Å². The maximum Gasteiger partial charge on any atom is 0.420 e. The van der Waals surface area contributed by atoms with Crippen LogP contribution in [0.15, 0.2) is 18.2 Å². The second-order valence-electron chi connectivity index (χ2n) is 5.52. The second-order valence-corrected chi connectivity index (χ2v) is 5.52. The van der Waals surface area contributed by atoms with Crippen LogP contribution < -0.4 is 4.74 Å². The van der Waals surface area contributed by atoms with Crippen molar-refractivity contribution in [3.05, 3.63) is 33.9 Å². The molecule has 1 amide bonds. The number of non-ortho nitro benzene ring substituents is 1. The predicted molar refractivity (Wildman–Crippen MR) is 78.6 cm³/mol. The van der Waals surface area contributed by atoms with Crippen LogP contribution in [-0.2, 0) is 11.0 Å². The van der Waals surface area contributed by atoms with Gasteiger partial charge in [0.2, 0.25) is 0 Å². The summed E-state index contributed by atoms with van der Waals surface area (Å²) in [5, 5.41) is 10.6. The maximum absolute atomic E-state index is 13.0. The van der Waals surface area contributed by atoms with Gasteiger partial charge in [0, 0.05) is 25.2 Å². The lowest BCUT2D eigenvalue weighted by atomic mass is 10.1. The summed E-state index contributed by atoms with van der Waals surface area (Å²) in [5.41, 5.74) is -1.95. The highest BCUT2D eigenvalue weighted by Crippen LogP contribution is 2.38. The van der Waals surface area contributed by atoms with E-state index >= 15 is 0 Å². The number of halogens is 3. The average Bonchev–Trinajstić information content (AvgIpc) is 2.80. The van der Waals surface area contributed by atoms with E-state index in [4.69, 9.17) is 4.74 Å². The van der Waals surface area contributed by atoms with E-state index < -0.39 is 34.7 Å². The SMILES string of the molecule is O=C(COc1ccc([N+](=O)[O-])cc1C(F)(F)F)N1CCCCCC1. The Morgan fingerprint density at radius 1 is 1.21 bits per heavy atom. The molecular weight excluding hydrogens is 329 g/mol. The first-order valence-corrected chi connectivity index (χ1v) is 7.55. The number of hydrogen-bond donors (Lipinski definition) is 0. The average molecular weight is 346 g/mol. The molecule has 0 atom stereocenters. The van der Waals surface area contributed by atoms with Crippen LogP contribution in [0.2, 0.25) is 0 Å². The zero-order valence-corrected chi connectivity index (χ0v) is 12.8. The van der Waals surface area contributed by atoms with Gasteiger partial charge in [0.15, 0.2) is 6.61 Å². The summed E-state index contributed by atoms with van der Waals surface area (Å²) in [6.45, 7) is 0.601. The van der Waals surface area contributed by atoms with Crippen LogP contribution >= 0.6 is 0 Å². The molecule has 6 nitrogen and oxygen atoms in total. The van der Waals surface area contributed by atoms with Gasteiger partial charge in [-0.2, -0.15) is 13.2 Å². The molecule has 24 heavy (non-hydrogen) atoms. The van der Waals surface area contributed by atoms with Gasteiger partial charge in [0.05, 0.1) is 4.92 Å².